The van der Waals surface area contributed by atoms with Crippen molar-refractivity contribution in [3.8, 4) is 0 Å². The zero-order valence-electron chi connectivity index (χ0n) is 12.4. The molecule has 1 aromatic rings. The van der Waals surface area contributed by atoms with E-state index in [9.17, 15) is 0 Å². The molecule has 0 aliphatic heterocycles. The van der Waals surface area contributed by atoms with Crippen molar-refractivity contribution >= 4 is 0 Å². The van der Waals surface area contributed by atoms with Crippen molar-refractivity contribution in [2.45, 2.75) is 70.8 Å². The van der Waals surface area contributed by atoms with E-state index in [2.05, 4.69) is 18.3 Å². The molecule has 1 fully saturated rings. The highest BCUT2D eigenvalue weighted by molar-refractivity contribution is 4.98. The molecule has 1 aliphatic carbocycles. The van der Waals surface area contributed by atoms with Crippen LogP contribution in [0.15, 0.2) is 22.8 Å². The molecule has 0 radical (unpaired) electrons. The highest BCUT2D eigenvalue weighted by Crippen LogP contribution is 2.28. The van der Waals surface area contributed by atoms with Gasteiger partial charge in [0.15, 0.2) is 0 Å². The Kier molecular flexibility index (Phi) is 6.49. The Labute approximate surface area is 118 Å². The molecule has 0 aromatic carbocycles. The second-order valence-corrected chi connectivity index (χ2v) is 6.01. The van der Waals surface area contributed by atoms with Crippen LogP contribution < -0.4 is 5.32 Å². The van der Waals surface area contributed by atoms with Gasteiger partial charge in [0.05, 0.1) is 6.26 Å². The summed E-state index contributed by atoms with van der Waals surface area (Å²) in [5, 5.41) is 3.74. The SMILES string of the molecule is CCCNC(CCc1ccco1)CC1CCCCC1. The van der Waals surface area contributed by atoms with Crippen molar-refractivity contribution in [2.24, 2.45) is 5.92 Å². The number of rotatable bonds is 8. The van der Waals surface area contributed by atoms with E-state index in [1.54, 1.807) is 6.26 Å². The van der Waals surface area contributed by atoms with E-state index in [-0.39, 0.29) is 0 Å². The third-order valence-electron chi connectivity index (χ3n) is 4.34. The molecule has 1 unspecified atom stereocenters. The molecule has 1 saturated carbocycles. The lowest BCUT2D eigenvalue weighted by molar-refractivity contribution is 0.288. The average molecular weight is 263 g/mol. The zero-order valence-corrected chi connectivity index (χ0v) is 12.4. The minimum atomic E-state index is 0.674. The Morgan fingerprint density at radius 3 is 2.84 bits per heavy atom. The quantitative estimate of drug-likeness (QED) is 0.744. The molecule has 1 aromatic heterocycles. The van der Waals surface area contributed by atoms with Crippen LogP contribution in [-0.2, 0) is 6.42 Å². The Bertz CT molecular complexity index is 314. The third kappa shape index (κ3) is 5.40. The average Bonchev–Trinajstić information content (AvgIpc) is 2.96. The molecule has 2 rings (SSSR count). The maximum atomic E-state index is 5.45. The maximum Gasteiger partial charge on any atom is 0.103 e. The lowest BCUT2D eigenvalue weighted by atomic mass is 9.84. The van der Waals surface area contributed by atoms with E-state index in [0.717, 1.165) is 24.6 Å². The van der Waals surface area contributed by atoms with Crippen LogP contribution in [0.3, 0.4) is 0 Å². The molecule has 1 atom stereocenters. The van der Waals surface area contributed by atoms with Gasteiger partial charge in [-0.3, -0.25) is 0 Å². The molecule has 1 N–H and O–H groups in total. The Morgan fingerprint density at radius 2 is 2.16 bits per heavy atom. The molecule has 108 valence electrons. The van der Waals surface area contributed by atoms with E-state index in [0.29, 0.717) is 6.04 Å². The van der Waals surface area contributed by atoms with Crippen LogP contribution in [0, 0.1) is 5.92 Å². The van der Waals surface area contributed by atoms with Crippen molar-refractivity contribution in [3.63, 3.8) is 0 Å². The lowest BCUT2D eigenvalue weighted by Gasteiger charge is -2.27. The predicted molar refractivity (Wildman–Crippen MR) is 80.3 cm³/mol. The first kappa shape index (κ1) is 14.6. The van der Waals surface area contributed by atoms with E-state index in [1.807, 2.05) is 6.07 Å². The molecule has 2 nitrogen and oxygen atoms in total. The number of furan rings is 1. The van der Waals surface area contributed by atoms with E-state index >= 15 is 0 Å². The molecule has 0 spiro atoms. The van der Waals surface area contributed by atoms with Gasteiger partial charge in [-0.1, -0.05) is 39.0 Å². The van der Waals surface area contributed by atoms with Gasteiger partial charge in [-0.2, -0.15) is 0 Å². The summed E-state index contributed by atoms with van der Waals surface area (Å²) in [6.07, 6.45) is 13.9. The summed E-state index contributed by atoms with van der Waals surface area (Å²) in [7, 11) is 0. The van der Waals surface area contributed by atoms with Crippen molar-refractivity contribution in [2.75, 3.05) is 6.54 Å². The summed E-state index contributed by atoms with van der Waals surface area (Å²) < 4.78 is 5.45. The lowest BCUT2D eigenvalue weighted by Crippen LogP contribution is -2.32. The van der Waals surface area contributed by atoms with Crippen LogP contribution in [0.5, 0.6) is 0 Å². The Morgan fingerprint density at radius 1 is 1.32 bits per heavy atom. The molecule has 0 saturated heterocycles. The van der Waals surface area contributed by atoms with Gasteiger partial charge >= 0.3 is 0 Å². The van der Waals surface area contributed by atoms with Crippen LogP contribution >= 0.6 is 0 Å². The summed E-state index contributed by atoms with van der Waals surface area (Å²) in [5.41, 5.74) is 0. The number of hydrogen-bond donors (Lipinski definition) is 1. The first-order valence-corrected chi connectivity index (χ1v) is 8.14. The summed E-state index contributed by atoms with van der Waals surface area (Å²) in [6, 6.07) is 4.76. The van der Waals surface area contributed by atoms with Crippen molar-refractivity contribution in [1.29, 1.82) is 0 Å². The van der Waals surface area contributed by atoms with Gasteiger partial charge < -0.3 is 9.73 Å². The van der Waals surface area contributed by atoms with Crippen molar-refractivity contribution in [3.05, 3.63) is 24.2 Å². The Hall–Kier alpha value is -0.760. The van der Waals surface area contributed by atoms with Gasteiger partial charge in [0.1, 0.15) is 5.76 Å². The number of aryl methyl sites for hydroxylation is 1. The van der Waals surface area contributed by atoms with Gasteiger partial charge in [0.2, 0.25) is 0 Å². The number of hydrogen-bond acceptors (Lipinski definition) is 2. The molecular formula is C17H29NO. The van der Waals surface area contributed by atoms with Gasteiger partial charge in [-0.15, -0.1) is 0 Å². The predicted octanol–water partition coefficient (Wildman–Crippen LogP) is 4.55. The van der Waals surface area contributed by atoms with Gasteiger partial charge in [0, 0.05) is 12.5 Å². The molecule has 1 heterocycles. The van der Waals surface area contributed by atoms with Gasteiger partial charge in [-0.25, -0.2) is 0 Å². The zero-order chi connectivity index (χ0) is 13.3. The minimum absolute atomic E-state index is 0.674. The second kappa shape index (κ2) is 8.42. The van der Waals surface area contributed by atoms with Gasteiger partial charge in [-0.05, 0) is 43.9 Å². The van der Waals surface area contributed by atoms with E-state index in [4.69, 9.17) is 4.42 Å². The second-order valence-electron chi connectivity index (χ2n) is 6.01. The highest BCUT2D eigenvalue weighted by atomic mass is 16.3. The summed E-state index contributed by atoms with van der Waals surface area (Å²) in [6.45, 7) is 3.40. The fourth-order valence-corrected chi connectivity index (χ4v) is 3.25. The molecular weight excluding hydrogens is 234 g/mol. The standard InChI is InChI=1S/C17H29NO/c1-2-12-18-16(10-11-17-9-6-13-19-17)14-15-7-4-3-5-8-15/h6,9,13,15-16,18H,2-5,7-8,10-12,14H2,1H3. The van der Waals surface area contributed by atoms with Gasteiger partial charge in [0.25, 0.3) is 0 Å². The van der Waals surface area contributed by atoms with E-state index in [1.165, 1.54) is 51.4 Å². The fourth-order valence-electron chi connectivity index (χ4n) is 3.25. The van der Waals surface area contributed by atoms with Crippen molar-refractivity contribution < 1.29 is 4.42 Å². The molecule has 2 heteroatoms. The largest absolute Gasteiger partial charge is 0.469 e. The molecule has 1 aliphatic rings. The van der Waals surface area contributed by atoms with Crippen LogP contribution in [0.4, 0.5) is 0 Å². The smallest absolute Gasteiger partial charge is 0.103 e. The normalized spacial score (nSPS) is 18.6. The van der Waals surface area contributed by atoms with Crippen LogP contribution in [-0.4, -0.2) is 12.6 Å². The minimum Gasteiger partial charge on any atom is -0.469 e. The van der Waals surface area contributed by atoms with E-state index < -0.39 is 0 Å². The summed E-state index contributed by atoms with van der Waals surface area (Å²) in [5.74, 6) is 2.09. The van der Waals surface area contributed by atoms with Crippen LogP contribution in [0.1, 0.15) is 64.1 Å². The topological polar surface area (TPSA) is 25.2 Å². The maximum absolute atomic E-state index is 5.45. The van der Waals surface area contributed by atoms with Crippen LogP contribution in [0.2, 0.25) is 0 Å². The Balaban J connectivity index is 1.76. The molecule has 0 amide bonds. The third-order valence-corrected chi connectivity index (χ3v) is 4.34. The fraction of sp³-hybridized carbons (Fsp3) is 0.765. The first-order chi connectivity index (χ1) is 9.38. The number of nitrogens with one attached hydrogen (secondary N) is 1. The highest BCUT2D eigenvalue weighted by Gasteiger charge is 2.18. The van der Waals surface area contributed by atoms with Crippen molar-refractivity contribution in [1.82, 2.24) is 5.32 Å². The molecule has 0 bridgehead atoms. The molecule has 19 heavy (non-hydrogen) atoms. The van der Waals surface area contributed by atoms with Crippen LogP contribution in [0.25, 0.3) is 0 Å². The summed E-state index contributed by atoms with van der Waals surface area (Å²) in [4.78, 5) is 0. The first-order valence-electron chi connectivity index (χ1n) is 8.14. The monoisotopic (exact) mass is 263 g/mol. The summed E-state index contributed by atoms with van der Waals surface area (Å²) >= 11 is 0.